The number of aromatic nitrogens is 3. The number of alkyl halides is 3. The molecule has 3 aromatic rings. The number of halogens is 6. The Morgan fingerprint density at radius 2 is 1.84 bits per heavy atom. The Balaban J connectivity index is 1.87. The third kappa shape index (κ3) is 7.93. The number of nitrogens with one attached hydrogen (secondary N) is 2. The van der Waals surface area contributed by atoms with Gasteiger partial charge in [0.25, 0.3) is 5.91 Å². The largest absolute Gasteiger partial charge is 0.449 e. The number of hydrogen-bond acceptors (Lipinski definition) is 5. The fourth-order valence-corrected chi connectivity index (χ4v) is 4.54. The van der Waals surface area contributed by atoms with E-state index >= 15 is 0 Å². The SMILES string of the molecule is CCCCCCCOC(=O)Nc1cc(C(F)(F)F)cc(Br)c1NC(=O)c1cc(Br)nn1-c1ncccc1Cl. The molecule has 0 aliphatic rings. The first-order valence-corrected chi connectivity index (χ1v) is 13.5. The smallest absolute Gasteiger partial charge is 0.416 e. The molecule has 2 aromatic heterocycles. The molecule has 0 saturated carbocycles. The molecule has 2 N–H and O–H groups in total. The Bertz CT molecular complexity index is 1300. The number of amides is 2. The van der Waals surface area contributed by atoms with Crippen LogP contribution in [0.25, 0.3) is 5.82 Å². The molecule has 3 rings (SSSR count). The summed E-state index contributed by atoms with van der Waals surface area (Å²) in [5.41, 5.74) is -1.48. The molecule has 14 heteroatoms. The van der Waals surface area contributed by atoms with Gasteiger partial charge in [0.2, 0.25) is 0 Å². The van der Waals surface area contributed by atoms with Crippen LogP contribution in [0.1, 0.15) is 55.1 Å². The second kappa shape index (κ2) is 13.4. The summed E-state index contributed by atoms with van der Waals surface area (Å²) in [7, 11) is 0. The lowest BCUT2D eigenvalue weighted by Crippen LogP contribution is -2.21. The van der Waals surface area contributed by atoms with Crippen LogP contribution in [0.2, 0.25) is 5.02 Å². The van der Waals surface area contributed by atoms with Crippen molar-refractivity contribution in [3.05, 3.63) is 61.9 Å². The number of rotatable bonds is 10. The molecule has 1 aromatic carbocycles. The first-order chi connectivity index (χ1) is 18.0. The number of unbranched alkanes of at least 4 members (excludes halogenated alkanes) is 4. The minimum atomic E-state index is -4.70. The number of pyridine rings is 1. The van der Waals surface area contributed by atoms with Gasteiger partial charge in [-0.2, -0.15) is 18.3 Å². The van der Waals surface area contributed by atoms with Gasteiger partial charge < -0.3 is 10.1 Å². The molecule has 0 fully saturated rings. The van der Waals surface area contributed by atoms with Gasteiger partial charge >= 0.3 is 12.3 Å². The Kier molecular flexibility index (Phi) is 10.6. The molecule has 2 amide bonds. The van der Waals surface area contributed by atoms with Gasteiger partial charge in [-0.25, -0.2) is 14.5 Å². The summed E-state index contributed by atoms with van der Waals surface area (Å²) in [5.74, 6) is -0.588. The summed E-state index contributed by atoms with van der Waals surface area (Å²) in [6, 6.07) is 6.06. The molecule has 0 saturated heterocycles. The second-order valence-electron chi connectivity index (χ2n) is 8.08. The summed E-state index contributed by atoms with van der Waals surface area (Å²) < 4.78 is 46.9. The minimum Gasteiger partial charge on any atom is -0.449 e. The number of benzene rings is 1. The quantitative estimate of drug-likeness (QED) is 0.210. The standard InChI is InChI=1S/C24H23Br2ClF3N5O3/c1-2-3-4-5-6-10-38-23(37)32-17-12-14(24(28,29)30)11-15(25)20(17)33-22(36)18-13-19(26)34-35(18)21-16(27)8-7-9-31-21/h7-9,11-13H,2-6,10H2,1H3,(H,32,37)(H,33,36). The summed E-state index contributed by atoms with van der Waals surface area (Å²) in [4.78, 5) is 29.8. The average Bonchev–Trinajstić information content (AvgIpc) is 3.24. The van der Waals surface area contributed by atoms with Gasteiger partial charge in [-0.3, -0.25) is 10.1 Å². The van der Waals surface area contributed by atoms with Crippen LogP contribution in [-0.2, 0) is 10.9 Å². The molecule has 0 unspecified atom stereocenters. The molecule has 0 aliphatic carbocycles. The minimum absolute atomic E-state index is 0.0233. The maximum Gasteiger partial charge on any atom is 0.416 e. The number of carbonyl (C=O) groups is 2. The molecule has 38 heavy (non-hydrogen) atoms. The van der Waals surface area contributed by atoms with Crippen LogP contribution in [0.15, 0.2) is 45.6 Å². The van der Waals surface area contributed by atoms with Crippen LogP contribution in [0.4, 0.5) is 29.3 Å². The van der Waals surface area contributed by atoms with E-state index in [0.29, 0.717) is 12.5 Å². The molecule has 8 nitrogen and oxygen atoms in total. The van der Waals surface area contributed by atoms with Crippen LogP contribution in [-0.4, -0.2) is 33.4 Å². The molecule has 0 spiro atoms. The topological polar surface area (TPSA) is 98.1 Å². The fourth-order valence-electron chi connectivity index (χ4n) is 3.40. The highest BCUT2D eigenvalue weighted by Gasteiger charge is 2.33. The molecular formula is C24H23Br2ClF3N5O3. The molecule has 2 heterocycles. The van der Waals surface area contributed by atoms with Crippen molar-refractivity contribution in [1.82, 2.24) is 14.8 Å². The number of anilines is 2. The summed E-state index contributed by atoms with van der Waals surface area (Å²) in [6.07, 6.45) is 0.415. The van der Waals surface area contributed by atoms with E-state index in [1.807, 2.05) is 0 Å². The van der Waals surface area contributed by atoms with Gasteiger partial charge in [0, 0.05) is 16.7 Å². The first-order valence-electron chi connectivity index (χ1n) is 11.5. The van der Waals surface area contributed by atoms with Crippen molar-refractivity contribution in [2.24, 2.45) is 0 Å². The zero-order chi connectivity index (χ0) is 27.9. The molecule has 0 radical (unpaired) electrons. The van der Waals surface area contributed by atoms with Crippen molar-refractivity contribution in [3.63, 3.8) is 0 Å². The van der Waals surface area contributed by atoms with Gasteiger partial charge in [0.1, 0.15) is 10.3 Å². The Hall–Kier alpha value is -2.64. The lowest BCUT2D eigenvalue weighted by Gasteiger charge is -2.17. The predicted octanol–water partition coefficient (Wildman–Crippen LogP) is 8.24. The van der Waals surface area contributed by atoms with Gasteiger partial charge in [0.15, 0.2) is 5.82 Å². The monoisotopic (exact) mass is 679 g/mol. The molecule has 0 aliphatic heterocycles. The molecular weight excluding hydrogens is 659 g/mol. The molecule has 0 atom stereocenters. The Morgan fingerprint density at radius 3 is 2.53 bits per heavy atom. The fraction of sp³-hybridized carbons (Fsp3) is 0.333. The van der Waals surface area contributed by atoms with Crippen LogP contribution in [0.5, 0.6) is 0 Å². The van der Waals surface area contributed by atoms with E-state index in [1.165, 1.54) is 16.9 Å². The lowest BCUT2D eigenvalue weighted by molar-refractivity contribution is -0.137. The maximum absolute atomic E-state index is 13.5. The van der Waals surface area contributed by atoms with Gasteiger partial charge in [0.05, 0.1) is 28.6 Å². The van der Waals surface area contributed by atoms with E-state index in [4.69, 9.17) is 16.3 Å². The second-order valence-corrected chi connectivity index (χ2v) is 10.2. The van der Waals surface area contributed by atoms with Gasteiger partial charge in [-0.15, -0.1) is 0 Å². The van der Waals surface area contributed by atoms with Crippen LogP contribution in [0, 0.1) is 0 Å². The first kappa shape index (κ1) is 29.9. The third-order valence-corrected chi connectivity index (χ3v) is 6.53. The lowest BCUT2D eigenvalue weighted by atomic mass is 10.1. The zero-order valence-corrected chi connectivity index (χ0v) is 24.0. The highest BCUT2D eigenvalue weighted by atomic mass is 79.9. The average molecular weight is 682 g/mol. The van der Waals surface area contributed by atoms with E-state index in [0.717, 1.165) is 31.7 Å². The number of ether oxygens (including phenoxy) is 1. The highest BCUT2D eigenvalue weighted by Crippen LogP contribution is 2.39. The van der Waals surface area contributed by atoms with Crippen molar-refractivity contribution in [3.8, 4) is 5.82 Å². The van der Waals surface area contributed by atoms with Gasteiger partial charge in [-0.05, 0) is 62.5 Å². The van der Waals surface area contributed by atoms with Crippen LogP contribution in [0.3, 0.4) is 0 Å². The summed E-state index contributed by atoms with van der Waals surface area (Å²) >= 11 is 12.5. The van der Waals surface area contributed by atoms with Crippen molar-refractivity contribution in [2.75, 3.05) is 17.2 Å². The number of nitrogens with zero attached hydrogens (tertiary/aromatic N) is 3. The van der Waals surface area contributed by atoms with Crippen LogP contribution < -0.4 is 10.6 Å². The summed E-state index contributed by atoms with van der Waals surface area (Å²) in [6.45, 7) is 2.18. The van der Waals surface area contributed by atoms with Crippen molar-refractivity contribution >= 4 is 66.8 Å². The molecule has 0 bridgehead atoms. The normalized spacial score (nSPS) is 11.3. The predicted molar refractivity (Wildman–Crippen MR) is 145 cm³/mol. The van der Waals surface area contributed by atoms with Crippen molar-refractivity contribution in [1.29, 1.82) is 0 Å². The highest BCUT2D eigenvalue weighted by molar-refractivity contribution is 9.10. The van der Waals surface area contributed by atoms with Crippen molar-refractivity contribution in [2.45, 2.75) is 45.2 Å². The van der Waals surface area contributed by atoms with E-state index in [2.05, 4.69) is 59.5 Å². The molecule has 204 valence electrons. The van der Waals surface area contributed by atoms with E-state index in [9.17, 15) is 22.8 Å². The zero-order valence-electron chi connectivity index (χ0n) is 20.0. The Labute approximate surface area is 238 Å². The van der Waals surface area contributed by atoms with E-state index in [-0.39, 0.29) is 43.6 Å². The van der Waals surface area contributed by atoms with Gasteiger partial charge in [-0.1, -0.05) is 44.2 Å². The van der Waals surface area contributed by atoms with Crippen LogP contribution >= 0.6 is 43.5 Å². The van der Waals surface area contributed by atoms with E-state index < -0.39 is 23.7 Å². The number of carbonyl (C=O) groups excluding carboxylic acids is 2. The van der Waals surface area contributed by atoms with E-state index in [1.54, 1.807) is 12.1 Å². The summed E-state index contributed by atoms with van der Waals surface area (Å²) in [5, 5.41) is 9.24. The number of hydrogen-bond donors (Lipinski definition) is 2. The maximum atomic E-state index is 13.5. The Morgan fingerprint density at radius 1 is 1.11 bits per heavy atom. The van der Waals surface area contributed by atoms with Crippen molar-refractivity contribution < 1.29 is 27.5 Å². The third-order valence-electron chi connectivity index (χ3n) is 5.23.